The van der Waals surface area contributed by atoms with E-state index in [2.05, 4.69) is 47.1 Å². The lowest BCUT2D eigenvalue weighted by atomic mass is 10.2. The first-order valence-electron chi connectivity index (χ1n) is 6.85. The van der Waals surface area contributed by atoms with E-state index in [1.165, 1.54) is 44.7 Å². The molecule has 1 aliphatic heterocycles. The zero-order chi connectivity index (χ0) is 11.9. The van der Waals surface area contributed by atoms with Gasteiger partial charge in [-0.25, -0.2) is 0 Å². The summed E-state index contributed by atoms with van der Waals surface area (Å²) in [5, 5.41) is 0. The summed E-state index contributed by atoms with van der Waals surface area (Å²) in [5.41, 5.74) is 1.45. The molecule has 0 atom stereocenters. The third-order valence-corrected chi connectivity index (χ3v) is 3.59. The van der Waals surface area contributed by atoms with Crippen molar-refractivity contribution in [3.05, 3.63) is 36.0 Å². The maximum absolute atomic E-state index is 2.59. The van der Waals surface area contributed by atoms with E-state index in [1.807, 2.05) is 0 Å². The molecule has 1 heterocycles. The summed E-state index contributed by atoms with van der Waals surface area (Å²) < 4.78 is 0. The first kappa shape index (κ1) is 12.6. The molecule has 0 saturated carbocycles. The van der Waals surface area contributed by atoms with Crippen LogP contribution in [-0.2, 0) is 0 Å². The van der Waals surface area contributed by atoms with Gasteiger partial charge in [0.05, 0.1) is 0 Å². The monoisotopic (exact) mass is 232 g/mol. The predicted octanol–water partition coefficient (Wildman–Crippen LogP) is 2.46. The summed E-state index contributed by atoms with van der Waals surface area (Å²) in [5.74, 6) is 0. The van der Waals surface area contributed by atoms with E-state index in [-0.39, 0.29) is 0 Å². The second-order valence-electron chi connectivity index (χ2n) is 4.87. The molecule has 17 heavy (non-hydrogen) atoms. The Morgan fingerprint density at radius 2 is 1.88 bits per heavy atom. The van der Waals surface area contributed by atoms with Crippen molar-refractivity contribution in [3.8, 4) is 0 Å². The molecule has 2 nitrogen and oxygen atoms in total. The molecule has 94 valence electrons. The molecular formula is C15H24N2. The summed E-state index contributed by atoms with van der Waals surface area (Å²) in [6.45, 7) is 9.51. The Balaban J connectivity index is 1.86. The van der Waals surface area contributed by atoms with E-state index >= 15 is 0 Å². The zero-order valence-corrected chi connectivity index (χ0v) is 10.9. The van der Waals surface area contributed by atoms with Gasteiger partial charge in [-0.15, -0.1) is 0 Å². The molecule has 0 N–H and O–H groups in total. The lowest BCUT2D eigenvalue weighted by molar-refractivity contribution is 0.276. The van der Waals surface area contributed by atoms with E-state index in [9.17, 15) is 0 Å². The van der Waals surface area contributed by atoms with Gasteiger partial charge in [-0.2, -0.15) is 0 Å². The van der Waals surface area contributed by atoms with E-state index in [0.29, 0.717) is 0 Å². The topological polar surface area (TPSA) is 6.48 Å². The van der Waals surface area contributed by atoms with Gasteiger partial charge in [-0.05, 0) is 38.0 Å². The molecule has 0 radical (unpaired) electrons. The van der Waals surface area contributed by atoms with Crippen LogP contribution in [0, 0.1) is 0 Å². The van der Waals surface area contributed by atoms with Crippen LogP contribution in [-0.4, -0.2) is 49.1 Å². The highest BCUT2D eigenvalue weighted by Gasteiger charge is 2.13. The van der Waals surface area contributed by atoms with Crippen molar-refractivity contribution in [1.82, 2.24) is 9.80 Å². The summed E-state index contributed by atoms with van der Waals surface area (Å²) in [4.78, 5) is 5.14. The fourth-order valence-corrected chi connectivity index (χ4v) is 2.49. The number of nitrogens with zero attached hydrogens (tertiary/aromatic N) is 2. The van der Waals surface area contributed by atoms with E-state index in [0.717, 1.165) is 13.0 Å². The van der Waals surface area contributed by atoms with Crippen molar-refractivity contribution in [2.75, 3.05) is 39.3 Å². The number of rotatable bonds is 3. The van der Waals surface area contributed by atoms with Gasteiger partial charge in [0.2, 0.25) is 0 Å². The molecule has 2 heteroatoms. The molecule has 1 aliphatic carbocycles. The zero-order valence-electron chi connectivity index (χ0n) is 10.9. The largest absolute Gasteiger partial charge is 0.302 e. The van der Waals surface area contributed by atoms with Crippen LogP contribution in [0.25, 0.3) is 0 Å². The van der Waals surface area contributed by atoms with Crippen molar-refractivity contribution in [2.24, 2.45) is 0 Å². The van der Waals surface area contributed by atoms with Crippen LogP contribution in [0.5, 0.6) is 0 Å². The number of hydrogen-bond donors (Lipinski definition) is 0. The molecular weight excluding hydrogens is 208 g/mol. The van der Waals surface area contributed by atoms with Gasteiger partial charge >= 0.3 is 0 Å². The summed E-state index contributed by atoms with van der Waals surface area (Å²) in [7, 11) is 0. The van der Waals surface area contributed by atoms with E-state index < -0.39 is 0 Å². The van der Waals surface area contributed by atoms with Crippen molar-refractivity contribution in [2.45, 2.75) is 19.8 Å². The van der Waals surface area contributed by atoms with Crippen LogP contribution in [0.15, 0.2) is 36.0 Å². The Morgan fingerprint density at radius 1 is 1.06 bits per heavy atom. The second kappa shape index (κ2) is 6.77. The quantitative estimate of drug-likeness (QED) is 0.737. The smallest absolute Gasteiger partial charge is 0.0234 e. The van der Waals surface area contributed by atoms with Gasteiger partial charge in [-0.1, -0.05) is 37.3 Å². The van der Waals surface area contributed by atoms with Crippen LogP contribution in [0.3, 0.4) is 0 Å². The fraction of sp³-hybridized carbons (Fsp3) is 0.600. The van der Waals surface area contributed by atoms with Crippen LogP contribution in [0.2, 0.25) is 0 Å². The average molecular weight is 232 g/mol. The van der Waals surface area contributed by atoms with Crippen molar-refractivity contribution < 1.29 is 0 Å². The molecule has 0 spiro atoms. The van der Waals surface area contributed by atoms with Crippen LogP contribution >= 0.6 is 0 Å². The Morgan fingerprint density at radius 3 is 2.76 bits per heavy atom. The maximum Gasteiger partial charge on any atom is 0.0234 e. The molecule has 2 aliphatic rings. The van der Waals surface area contributed by atoms with Crippen LogP contribution < -0.4 is 0 Å². The predicted molar refractivity (Wildman–Crippen MR) is 74.2 cm³/mol. The second-order valence-corrected chi connectivity index (χ2v) is 4.87. The molecule has 0 unspecified atom stereocenters. The van der Waals surface area contributed by atoms with Gasteiger partial charge in [0.15, 0.2) is 0 Å². The highest BCUT2D eigenvalue weighted by molar-refractivity contribution is 5.28. The van der Waals surface area contributed by atoms with Crippen molar-refractivity contribution in [1.29, 1.82) is 0 Å². The van der Waals surface area contributed by atoms with Crippen molar-refractivity contribution >= 4 is 0 Å². The van der Waals surface area contributed by atoms with E-state index in [1.54, 1.807) is 0 Å². The SMILES string of the molecule is CCN1CCCN(CC2=CC=CCC=C2)CC1. The first-order valence-corrected chi connectivity index (χ1v) is 6.85. The summed E-state index contributed by atoms with van der Waals surface area (Å²) in [6, 6.07) is 0. The Bertz CT molecular complexity index is 315. The number of likely N-dealkylation sites (N-methyl/N-ethyl adjacent to an activating group) is 1. The van der Waals surface area contributed by atoms with E-state index in [4.69, 9.17) is 0 Å². The number of hydrogen-bond acceptors (Lipinski definition) is 2. The molecule has 0 aromatic heterocycles. The van der Waals surface area contributed by atoms with Gasteiger partial charge < -0.3 is 4.90 Å². The highest BCUT2D eigenvalue weighted by Crippen LogP contribution is 2.09. The molecule has 0 aromatic carbocycles. The summed E-state index contributed by atoms with van der Waals surface area (Å²) in [6.07, 6.45) is 13.6. The van der Waals surface area contributed by atoms with Gasteiger partial charge in [0.25, 0.3) is 0 Å². The molecule has 0 bridgehead atoms. The third kappa shape index (κ3) is 4.14. The Hall–Kier alpha value is -0.860. The third-order valence-electron chi connectivity index (χ3n) is 3.59. The van der Waals surface area contributed by atoms with Crippen LogP contribution in [0.4, 0.5) is 0 Å². The summed E-state index contributed by atoms with van der Waals surface area (Å²) >= 11 is 0. The molecule has 0 aromatic rings. The molecule has 1 fully saturated rings. The lowest BCUT2D eigenvalue weighted by Crippen LogP contribution is -2.31. The molecule has 1 saturated heterocycles. The maximum atomic E-state index is 2.59. The average Bonchev–Trinajstić information content (AvgIpc) is 2.72. The number of allylic oxidation sites excluding steroid dienone is 4. The highest BCUT2D eigenvalue weighted by atomic mass is 15.2. The standard InChI is InChI=1S/C15H24N2/c1-2-16-10-7-11-17(13-12-16)14-15-8-5-3-4-6-9-15/h3,5-6,8-9H,2,4,7,10-14H2,1H3. The van der Waals surface area contributed by atoms with Gasteiger partial charge in [0.1, 0.15) is 0 Å². The van der Waals surface area contributed by atoms with Crippen LogP contribution in [0.1, 0.15) is 19.8 Å². The lowest BCUT2D eigenvalue weighted by Gasteiger charge is -2.21. The Kier molecular flexibility index (Phi) is 5.02. The normalized spacial score (nSPS) is 23.2. The first-order chi connectivity index (χ1) is 8.38. The van der Waals surface area contributed by atoms with Gasteiger partial charge in [-0.3, -0.25) is 4.90 Å². The van der Waals surface area contributed by atoms with Crippen molar-refractivity contribution in [3.63, 3.8) is 0 Å². The molecule has 2 rings (SSSR count). The minimum Gasteiger partial charge on any atom is -0.302 e. The minimum atomic E-state index is 1.07. The minimum absolute atomic E-state index is 1.07. The Labute approximate surface area is 105 Å². The molecule has 0 amide bonds. The van der Waals surface area contributed by atoms with Gasteiger partial charge in [0, 0.05) is 19.6 Å². The fourth-order valence-electron chi connectivity index (χ4n) is 2.49.